The van der Waals surface area contributed by atoms with Gasteiger partial charge in [-0.25, -0.2) is 9.97 Å². The van der Waals surface area contributed by atoms with Crippen LogP contribution in [-0.4, -0.2) is 19.1 Å². The van der Waals surface area contributed by atoms with Crippen molar-refractivity contribution in [1.82, 2.24) is 19.1 Å². The van der Waals surface area contributed by atoms with E-state index in [9.17, 15) is 0 Å². The lowest BCUT2D eigenvalue weighted by atomic mass is 10.2. The molecule has 3 rings (SSSR count). The first-order chi connectivity index (χ1) is 9.22. The zero-order valence-corrected chi connectivity index (χ0v) is 13.1. The van der Waals surface area contributed by atoms with E-state index in [4.69, 9.17) is 5.73 Å². The van der Waals surface area contributed by atoms with Crippen LogP contribution in [-0.2, 0) is 6.54 Å². The third-order valence-electron chi connectivity index (χ3n) is 3.05. The second-order valence-corrected chi connectivity index (χ2v) is 4.52. The van der Waals surface area contributed by atoms with Crippen molar-refractivity contribution in [1.29, 1.82) is 0 Å². The zero-order valence-electron chi connectivity index (χ0n) is 11.5. The van der Waals surface area contributed by atoms with E-state index in [1.807, 2.05) is 27.9 Å². The Morgan fingerprint density at radius 2 is 1.81 bits per heavy atom. The Bertz CT molecular complexity index is 687. The molecule has 0 aliphatic carbocycles. The number of aromatic nitrogens is 4. The van der Waals surface area contributed by atoms with Crippen LogP contribution in [0.5, 0.6) is 0 Å². The molecule has 0 atom stereocenters. The predicted molar refractivity (Wildman–Crippen MR) is 88.5 cm³/mol. The Hall–Kier alpha value is -1.98. The Balaban J connectivity index is 0.00000110. The van der Waals surface area contributed by atoms with Crippen molar-refractivity contribution in [2.24, 2.45) is 0 Å². The number of benzene rings is 1. The van der Waals surface area contributed by atoms with Gasteiger partial charge in [0.25, 0.3) is 0 Å². The summed E-state index contributed by atoms with van der Waals surface area (Å²) in [6.07, 6.45) is 7.35. The molecule has 0 bridgehead atoms. The highest BCUT2D eigenvalue weighted by Crippen LogP contribution is 2.11. The van der Waals surface area contributed by atoms with E-state index in [1.165, 1.54) is 5.56 Å². The minimum Gasteiger partial charge on any atom is -0.369 e. The third-order valence-corrected chi connectivity index (χ3v) is 3.05. The van der Waals surface area contributed by atoms with Crippen LogP contribution in [0.15, 0.2) is 49.2 Å². The molecule has 0 unspecified atom stereocenters. The minimum atomic E-state index is 0. The second kappa shape index (κ2) is 7.15. The van der Waals surface area contributed by atoms with Gasteiger partial charge >= 0.3 is 0 Å². The van der Waals surface area contributed by atoms with Crippen molar-refractivity contribution in [3.8, 4) is 5.69 Å². The lowest BCUT2D eigenvalue weighted by Crippen LogP contribution is -2.03. The van der Waals surface area contributed by atoms with E-state index in [0.717, 1.165) is 11.4 Å². The molecular weight excluding hydrogens is 309 g/mol. The van der Waals surface area contributed by atoms with Crippen LogP contribution in [0.1, 0.15) is 11.3 Å². The molecule has 0 radical (unpaired) electrons. The molecule has 0 aliphatic rings. The fourth-order valence-corrected chi connectivity index (χ4v) is 1.95. The van der Waals surface area contributed by atoms with Gasteiger partial charge in [-0.05, 0) is 19.1 Å². The molecule has 0 saturated carbocycles. The van der Waals surface area contributed by atoms with Gasteiger partial charge in [-0.1, -0.05) is 17.7 Å². The number of anilines is 1. The van der Waals surface area contributed by atoms with Gasteiger partial charge in [0.15, 0.2) is 5.95 Å². The fourth-order valence-electron chi connectivity index (χ4n) is 1.95. The summed E-state index contributed by atoms with van der Waals surface area (Å²) in [5.41, 5.74) is 9.04. The maximum Gasteiger partial charge on any atom is 0.200 e. The number of halogens is 2. The topological polar surface area (TPSA) is 61.7 Å². The molecule has 0 aliphatic heterocycles. The van der Waals surface area contributed by atoms with Crippen LogP contribution in [0.3, 0.4) is 0 Å². The molecule has 0 amide bonds. The number of rotatable bonds is 3. The summed E-state index contributed by atoms with van der Waals surface area (Å²) in [5.74, 6) is 0.505. The monoisotopic (exact) mass is 325 g/mol. The number of hydrogen-bond donors (Lipinski definition) is 1. The van der Waals surface area contributed by atoms with Gasteiger partial charge < -0.3 is 14.9 Å². The standard InChI is InChI=1S/C14H15N5.2ClH/c1-11-2-4-13(5-3-11)19-9-12(17-10-19)8-18-7-6-16-14(18)15;;/h2-7,9-10H,8H2,1H3,(H2,15,16);2*1H. The summed E-state index contributed by atoms with van der Waals surface area (Å²) in [7, 11) is 0. The van der Waals surface area contributed by atoms with E-state index in [1.54, 1.807) is 6.20 Å². The smallest absolute Gasteiger partial charge is 0.200 e. The van der Waals surface area contributed by atoms with Gasteiger partial charge in [0.1, 0.15) is 0 Å². The number of nitrogen functional groups attached to an aromatic ring is 1. The Morgan fingerprint density at radius 1 is 1.10 bits per heavy atom. The highest BCUT2D eigenvalue weighted by molar-refractivity contribution is 5.85. The molecule has 7 heteroatoms. The van der Waals surface area contributed by atoms with Crippen LogP contribution in [0.4, 0.5) is 5.95 Å². The summed E-state index contributed by atoms with van der Waals surface area (Å²) in [5, 5.41) is 0. The molecule has 0 spiro atoms. The first-order valence-corrected chi connectivity index (χ1v) is 6.09. The van der Waals surface area contributed by atoms with Gasteiger partial charge in [-0.3, -0.25) is 0 Å². The third kappa shape index (κ3) is 3.77. The first-order valence-electron chi connectivity index (χ1n) is 6.09. The molecule has 2 N–H and O–H groups in total. The predicted octanol–water partition coefficient (Wildman–Crippen LogP) is 2.85. The number of nitrogens with zero attached hydrogens (tertiary/aromatic N) is 4. The van der Waals surface area contributed by atoms with Crippen LogP contribution in [0.25, 0.3) is 5.69 Å². The zero-order chi connectivity index (χ0) is 13.2. The molecule has 1 aromatic carbocycles. The molecule has 0 saturated heterocycles. The highest BCUT2D eigenvalue weighted by atomic mass is 35.5. The summed E-state index contributed by atoms with van der Waals surface area (Å²) in [6.45, 7) is 2.70. The van der Waals surface area contributed by atoms with Gasteiger partial charge in [0.05, 0.1) is 18.6 Å². The fraction of sp³-hybridized carbons (Fsp3) is 0.143. The average molecular weight is 326 g/mol. The van der Waals surface area contributed by atoms with Crippen molar-refractivity contribution in [2.45, 2.75) is 13.5 Å². The summed E-state index contributed by atoms with van der Waals surface area (Å²) < 4.78 is 3.86. The largest absolute Gasteiger partial charge is 0.369 e. The second-order valence-electron chi connectivity index (χ2n) is 4.52. The maximum atomic E-state index is 5.74. The van der Waals surface area contributed by atoms with Crippen LogP contribution >= 0.6 is 24.8 Å². The lowest BCUT2D eigenvalue weighted by molar-refractivity contribution is 0.790. The van der Waals surface area contributed by atoms with Gasteiger partial charge in [-0.15, -0.1) is 24.8 Å². The normalized spacial score (nSPS) is 9.76. The summed E-state index contributed by atoms with van der Waals surface area (Å²) in [6, 6.07) is 8.32. The molecule has 21 heavy (non-hydrogen) atoms. The molecule has 2 aromatic heterocycles. The van der Waals surface area contributed by atoms with E-state index in [-0.39, 0.29) is 24.8 Å². The summed E-state index contributed by atoms with van der Waals surface area (Å²) in [4.78, 5) is 8.38. The molecule has 3 aromatic rings. The highest BCUT2D eigenvalue weighted by Gasteiger charge is 2.04. The maximum absolute atomic E-state index is 5.74. The Kier molecular flexibility index (Phi) is 5.81. The van der Waals surface area contributed by atoms with Crippen molar-refractivity contribution in [3.63, 3.8) is 0 Å². The van der Waals surface area contributed by atoms with Gasteiger partial charge in [0.2, 0.25) is 0 Å². The SMILES string of the molecule is Cc1ccc(-n2cnc(Cn3ccnc3N)c2)cc1.Cl.Cl. The van der Waals surface area contributed by atoms with E-state index < -0.39 is 0 Å². The molecule has 2 heterocycles. The van der Waals surface area contributed by atoms with Crippen LogP contribution in [0, 0.1) is 6.92 Å². The first kappa shape index (κ1) is 17.1. The minimum absolute atomic E-state index is 0. The quantitative estimate of drug-likeness (QED) is 0.805. The molecular formula is C14H17Cl2N5. The van der Waals surface area contributed by atoms with Crippen molar-refractivity contribution >= 4 is 30.8 Å². The lowest BCUT2D eigenvalue weighted by Gasteiger charge is -2.02. The Morgan fingerprint density at radius 3 is 2.43 bits per heavy atom. The van der Waals surface area contributed by atoms with Crippen molar-refractivity contribution in [3.05, 3.63) is 60.4 Å². The van der Waals surface area contributed by atoms with E-state index in [0.29, 0.717) is 12.5 Å². The number of aryl methyl sites for hydroxylation is 1. The number of imidazole rings is 2. The molecule has 5 nitrogen and oxygen atoms in total. The number of hydrogen-bond acceptors (Lipinski definition) is 3. The van der Waals surface area contributed by atoms with Gasteiger partial charge in [0, 0.05) is 24.3 Å². The molecule has 112 valence electrons. The number of nitrogens with two attached hydrogens (primary N) is 1. The van der Waals surface area contributed by atoms with E-state index >= 15 is 0 Å². The Labute approximate surface area is 135 Å². The van der Waals surface area contributed by atoms with Crippen molar-refractivity contribution < 1.29 is 0 Å². The summed E-state index contributed by atoms with van der Waals surface area (Å²) >= 11 is 0. The van der Waals surface area contributed by atoms with Crippen molar-refractivity contribution in [2.75, 3.05) is 5.73 Å². The van der Waals surface area contributed by atoms with Crippen LogP contribution < -0.4 is 5.73 Å². The van der Waals surface area contributed by atoms with Crippen LogP contribution in [0.2, 0.25) is 0 Å². The van der Waals surface area contributed by atoms with Gasteiger partial charge in [-0.2, -0.15) is 0 Å². The van der Waals surface area contributed by atoms with E-state index in [2.05, 4.69) is 41.2 Å². The molecule has 0 fully saturated rings. The average Bonchev–Trinajstić information content (AvgIpc) is 3.01.